The summed E-state index contributed by atoms with van der Waals surface area (Å²) in [5, 5.41) is 0. The Morgan fingerprint density at radius 2 is 1.18 bits per heavy atom. The summed E-state index contributed by atoms with van der Waals surface area (Å²) in [5.41, 5.74) is -0.143. The summed E-state index contributed by atoms with van der Waals surface area (Å²) >= 11 is 0. The minimum absolute atomic E-state index is 0.308. The fraction of sp³-hybridized carbons (Fsp3) is 0.571. The molecule has 2 aliphatic carbocycles. The van der Waals surface area contributed by atoms with E-state index >= 15 is 0 Å². The first-order valence-electron chi connectivity index (χ1n) is 12.5. The van der Waals surface area contributed by atoms with Crippen LogP contribution in [0.1, 0.15) is 87.3 Å². The van der Waals surface area contributed by atoms with Gasteiger partial charge in [0.05, 0.1) is 11.1 Å². The number of halogens is 5. The third-order valence-corrected chi connectivity index (χ3v) is 8.05. The minimum atomic E-state index is -4.52. The van der Waals surface area contributed by atoms with Gasteiger partial charge in [-0.25, -0.2) is 0 Å². The smallest absolute Gasteiger partial charge is 0.426 e. The van der Waals surface area contributed by atoms with E-state index in [1.807, 2.05) is 0 Å². The predicted octanol–water partition coefficient (Wildman–Crippen LogP) is 9.32. The highest BCUT2D eigenvalue weighted by atomic mass is 19.4. The lowest BCUT2D eigenvalue weighted by Crippen LogP contribution is -2.25. The number of alkyl halides is 5. The third-order valence-electron chi connectivity index (χ3n) is 8.05. The molecule has 4 rings (SSSR count). The van der Waals surface area contributed by atoms with Crippen molar-refractivity contribution in [2.45, 2.75) is 82.9 Å². The van der Waals surface area contributed by atoms with Gasteiger partial charge in [0.15, 0.2) is 0 Å². The van der Waals surface area contributed by atoms with Crippen LogP contribution in [0.5, 0.6) is 5.75 Å². The quantitative estimate of drug-likeness (QED) is 0.374. The van der Waals surface area contributed by atoms with Crippen molar-refractivity contribution in [2.24, 2.45) is 17.8 Å². The fourth-order valence-electron chi connectivity index (χ4n) is 5.86. The van der Waals surface area contributed by atoms with Crippen LogP contribution >= 0.6 is 0 Å². The average Bonchev–Trinajstić information content (AvgIpc) is 2.84. The zero-order valence-electron chi connectivity index (χ0n) is 19.6. The van der Waals surface area contributed by atoms with E-state index < -0.39 is 17.8 Å². The molecule has 0 atom stereocenters. The molecule has 6 heteroatoms. The molecule has 2 aliphatic rings. The maximum Gasteiger partial charge on any atom is 0.426 e. The van der Waals surface area contributed by atoms with Crippen LogP contribution in [0.3, 0.4) is 0 Å². The van der Waals surface area contributed by atoms with Crippen molar-refractivity contribution >= 4 is 0 Å². The first-order chi connectivity index (χ1) is 16.2. The summed E-state index contributed by atoms with van der Waals surface area (Å²) in [7, 11) is 0. The van der Waals surface area contributed by atoms with Crippen molar-refractivity contribution in [1.29, 1.82) is 0 Å². The monoisotopic (exact) mass is 480 g/mol. The fourth-order valence-corrected chi connectivity index (χ4v) is 5.86. The maximum atomic E-state index is 14.6. The van der Waals surface area contributed by atoms with Crippen LogP contribution < -0.4 is 4.74 Å². The number of hydrogen-bond acceptors (Lipinski definition) is 1. The van der Waals surface area contributed by atoms with Crippen LogP contribution in [-0.4, -0.2) is 0 Å². The molecule has 1 nitrogen and oxygen atoms in total. The van der Waals surface area contributed by atoms with Crippen molar-refractivity contribution in [2.75, 3.05) is 0 Å². The molecule has 2 saturated carbocycles. The van der Waals surface area contributed by atoms with Crippen molar-refractivity contribution in [1.82, 2.24) is 0 Å². The van der Waals surface area contributed by atoms with E-state index in [2.05, 4.69) is 6.92 Å². The van der Waals surface area contributed by atoms with Gasteiger partial charge in [-0.1, -0.05) is 38.3 Å². The SMILES string of the molecule is CC[C@H]1CC[C@H](C2CCC(c3ccc(C(F)(F)Oc4ccc(C(F)(F)F)cc4)cc3)CC2)CC1. The van der Waals surface area contributed by atoms with Crippen molar-refractivity contribution in [3.8, 4) is 5.75 Å². The Bertz CT molecular complexity index is 903. The second-order valence-corrected chi connectivity index (χ2v) is 10.1. The Balaban J connectivity index is 1.32. The van der Waals surface area contributed by atoms with Gasteiger partial charge >= 0.3 is 12.3 Å². The van der Waals surface area contributed by atoms with Crippen LogP contribution in [-0.2, 0) is 12.3 Å². The molecule has 0 aliphatic heterocycles. The van der Waals surface area contributed by atoms with Gasteiger partial charge in [-0.3, -0.25) is 0 Å². The molecule has 34 heavy (non-hydrogen) atoms. The van der Waals surface area contributed by atoms with Gasteiger partial charge in [-0.15, -0.1) is 0 Å². The summed E-state index contributed by atoms with van der Waals surface area (Å²) < 4.78 is 72.0. The van der Waals surface area contributed by atoms with Gasteiger partial charge in [0.2, 0.25) is 0 Å². The summed E-state index contributed by atoms with van der Waals surface area (Å²) in [6.07, 6.45) is 3.19. The Hall–Kier alpha value is -2.11. The van der Waals surface area contributed by atoms with E-state index in [1.54, 1.807) is 12.1 Å². The van der Waals surface area contributed by atoms with Gasteiger partial charge in [-0.2, -0.15) is 22.0 Å². The molecule has 0 heterocycles. The summed E-state index contributed by atoms with van der Waals surface area (Å²) in [4.78, 5) is 0. The van der Waals surface area contributed by atoms with Crippen molar-refractivity contribution < 1.29 is 26.7 Å². The lowest BCUT2D eigenvalue weighted by molar-refractivity contribution is -0.185. The number of benzene rings is 2. The molecule has 0 saturated heterocycles. The lowest BCUT2D eigenvalue weighted by Gasteiger charge is -2.38. The molecule has 0 N–H and O–H groups in total. The highest BCUT2D eigenvalue weighted by molar-refractivity contribution is 5.31. The summed E-state index contributed by atoms with van der Waals surface area (Å²) in [5.74, 6) is 2.64. The van der Waals surface area contributed by atoms with E-state index in [9.17, 15) is 22.0 Å². The summed E-state index contributed by atoms with van der Waals surface area (Å²) in [6, 6.07) is 9.54. The van der Waals surface area contributed by atoms with Gasteiger partial charge in [-0.05, 0) is 104 Å². The van der Waals surface area contributed by atoms with Crippen molar-refractivity contribution in [3.05, 3.63) is 65.2 Å². The van der Waals surface area contributed by atoms with Gasteiger partial charge in [0.1, 0.15) is 5.75 Å². The zero-order valence-corrected chi connectivity index (χ0v) is 19.6. The molecule has 2 aromatic carbocycles. The van der Waals surface area contributed by atoms with Crippen LogP contribution in [0.15, 0.2) is 48.5 Å². The second kappa shape index (κ2) is 10.2. The van der Waals surface area contributed by atoms with Crippen LogP contribution in [0, 0.1) is 17.8 Å². The standard InChI is InChI=1S/C28H33F5O/c1-2-19-3-5-20(6-4-19)21-7-9-22(10-8-21)23-11-13-25(14-12-23)28(32,33)34-26-17-15-24(16-18-26)27(29,30)31/h11-22H,2-10H2,1H3/t19-,20-,21?,22?. The summed E-state index contributed by atoms with van der Waals surface area (Å²) in [6.45, 7) is 2.29. The molecular weight excluding hydrogens is 447 g/mol. The van der Waals surface area contributed by atoms with Gasteiger partial charge < -0.3 is 4.74 Å². The molecule has 0 unspecified atom stereocenters. The number of rotatable bonds is 6. The lowest BCUT2D eigenvalue weighted by atomic mass is 9.68. The van der Waals surface area contributed by atoms with E-state index in [0.29, 0.717) is 5.92 Å². The molecule has 0 amide bonds. The van der Waals surface area contributed by atoms with E-state index in [-0.39, 0.29) is 11.3 Å². The normalized spacial score (nSPS) is 26.3. The molecule has 2 fully saturated rings. The predicted molar refractivity (Wildman–Crippen MR) is 123 cm³/mol. The Labute approximate surface area is 198 Å². The topological polar surface area (TPSA) is 9.23 Å². The Morgan fingerprint density at radius 3 is 1.68 bits per heavy atom. The molecule has 0 aromatic heterocycles. The minimum Gasteiger partial charge on any atom is -0.429 e. The zero-order chi connectivity index (χ0) is 24.3. The highest BCUT2D eigenvalue weighted by Gasteiger charge is 2.36. The van der Waals surface area contributed by atoms with Crippen LogP contribution in [0.4, 0.5) is 22.0 Å². The molecule has 186 valence electrons. The van der Waals surface area contributed by atoms with E-state index in [4.69, 9.17) is 4.74 Å². The number of hydrogen-bond donors (Lipinski definition) is 0. The van der Waals surface area contributed by atoms with Gasteiger partial charge in [0, 0.05) is 0 Å². The van der Waals surface area contributed by atoms with Crippen molar-refractivity contribution in [3.63, 3.8) is 0 Å². The maximum absolute atomic E-state index is 14.6. The second-order valence-electron chi connectivity index (χ2n) is 10.1. The largest absolute Gasteiger partial charge is 0.429 e. The van der Waals surface area contributed by atoms with Crippen LogP contribution in [0.2, 0.25) is 0 Å². The Kier molecular flexibility index (Phi) is 7.54. The Morgan fingerprint density at radius 1 is 0.676 bits per heavy atom. The van der Waals surface area contributed by atoms with Crippen LogP contribution in [0.25, 0.3) is 0 Å². The van der Waals surface area contributed by atoms with E-state index in [0.717, 1.165) is 60.4 Å². The average molecular weight is 481 g/mol. The molecule has 0 spiro atoms. The van der Waals surface area contributed by atoms with Gasteiger partial charge in [0.25, 0.3) is 0 Å². The molecule has 0 bridgehead atoms. The molecule has 2 aromatic rings. The molecular formula is C28H33F5O. The highest BCUT2D eigenvalue weighted by Crippen LogP contribution is 2.44. The first-order valence-corrected chi connectivity index (χ1v) is 12.5. The number of ether oxygens (including phenoxy) is 1. The molecule has 0 radical (unpaired) electrons. The van der Waals surface area contributed by atoms with E-state index in [1.165, 1.54) is 57.1 Å². The third kappa shape index (κ3) is 5.92. The first kappa shape index (κ1) is 25.0.